The standard InChI is InChI=1S/C22H44O3/c1-16(2)18-11-10-12-19(17(3)4)20(18)25-15-22(13-23-8,14-24-9)21(5,6)7/h16-20H,10-15H2,1-9H3. The molecule has 0 aromatic rings. The molecule has 0 radical (unpaired) electrons. The van der Waals surface area contributed by atoms with E-state index in [2.05, 4.69) is 48.5 Å². The first-order valence-electron chi connectivity index (χ1n) is 10.2. The summed E-state index contributed by atoms with van der Waals surface area (Å²) in [6.07, 6.45) is 4.28. The molecule has 2 unspecified atom stereocenters. The molecule has 3 nitrogen and oxygen atoms in total. The van der Waals surface area contributed by atoms with Crippen molar-refractivity contribution in [2.45, 2.75) is 73.8 Å². The minimum absolute atomic E-state index is 0.0499. The smallest absolute Gasteiger partial charge is 0.0636 e. The predicted octanol–water partition coefficient (Wildman–Crippen LogP) is 5.43. The third-order valence-electron chi connectivity index (χ3n) is 6.62. The van der Waals surface area contributed by atoms with Gasteiger partial charge in [0, 0.05) is 19.6 Å². The van der Waals surface area contributed by atoms with Crippen LogP contribution in [-0.2, 0) is 14.2 Å². The van der Waals surface area contributed by atoms with E-state index in [1.54, 1.807) is 14.2 Å². The van der Waals surface area contributed by atoms with Gasteiger partial charge in [0.1, 0.15) is 0 Å². The molecule has 1 rings (SSSR count). The fraction of sp³-hybridized carbons (Fsp3) is 1.00. The maximum atomic E-state index is 6.77. The van der Waals surface area contributed by atoms with Crippen LogP contribution in [0, 0.1) is 34.5 Å². The Bertz CT molecular complexity index is 348. The van der Waals surface area contributed by atoms with Crippen LogP contribution in [0.2, 0.25) is 0 Å². The van der Waals surface area contributed by atoms with Crippen molar-refractivity contribution in [2.75, 3.05) is 34.0 Å². The molecule has 1 fully saturated rings. The average molecular weight is 357 g/mol. The van der Waals surface area contributed by atoms with Crippen LogP contribution in [0.25, 0.3) is 0 Å². The molecule has 2 atom stereocenters. The molecule has 0 aromatic carbocycles. The minimum atomic E-state index is -0.128. The SMILES string of the molecule is COCC(COC)(COC1C(C(C)C)CCCC1C(C)C)C(C)(C)C. The zero-order valence-electron chi connectivity index (χ0n) is 18.4. The molecule has 150 valence electrons. The Labute approximate surface area is 157 Å². The second-order valence-electron chi connectivity index (χ2n) is 9.92. The number of hydrogen-bond acceptors (Lipinski definition) is 3. The molecule has 1 aliphatic carbocycles. The van der Waals surface area contributed by atoms with Gasteiger partial charge in [0.2, 0.25) is 0 Å². The Hall–Kier alpha value is -0.120. The van der Waals surface area contributed by atoms with Crippen LogP contribution in [-0.4, -0.2) is 40.1 Å². The lowest BCUT2D eigenvalue weighted by atomic mass is 9.67. The van der Waals surface area contributed by atoms with Crippen LogP contribution < -0.4 is 0 Å². The minimum Gasteiger partial charge on any atom is -0.384 e. The highest BCUT2D eigenvalue weighted by Crippen LogP contribution is 2.44. The summed E-state index contributed by atoms with van der Waals surface area (Å²) in [7, 11) is 3.56. The summed E-state index contributed by atoms with van der Waals surface area (Å²) in [6, 6.07) is 0. The summed E-state index contributed by atoms with van der Waals surface area (Å²) in [6.45, 7) is 18.3. The largest absolute Gasteiger partial charge is 0.384 e. The van der Waals surface area contributed by atoms with Crippen molar-refractivity contribution in [3.63, 3.8) is 0 Å². The van der Waals surface area contributed by atoms with Crippen molar-refractivity contribution in [3.8, 4) is 0 Å². The van der Waals surface area contributed by atoms with E-state index in [1.165, 1.54) is 19.3 Å². The molecule has 0 saturated heterocycles. The van der Waals surface area contributed by atoms with Crippen LogP contribution >= 0.6 is 0 Å². The zero-order valence-corrected chi connectivity index (χ0v) is 18.4. The highest BCUT2D eigenvalue weighted by molar-refractivity contribution is 4.93. The molecule has 0 amide bonds. The topological polar surface area (TPSA) is 27.7 Å². The molecule has 0 N–H and O–H groups in total. The Morgan fingerprint density at radius 2 is 1.24 bits per heavy atom. The molecule has 0 spiro atoms. The third kappa shape index (κ3) is 5.68. The van der Waals surface area contributed by atoms with Crippen molar-refractivity contribution in [3.05, 3.63) is 0 Å². The van der Waals surface area contributed by atoms with Crippen LogP contribution in [0.1, 0.15) is 67.7 Å². The Balaban J connectivity index is 3.02. The van der Waals surface area contributed by atoms with Crippen molar-refractivity contribution in [2.24, 2.45) is 34.5 Å². The van der Waals surface area contributed by atoms with Gasteiger partial charge in [-0.2, -0.15) is 0 Å². The van der Waals surface area contributed by atoms with E-state index in [0.29, 0.717) is 49.6 Å². The lowest BCUT2D eigenvalue weighted by molar-refractivity contribution is -0.156. The number of rotatable bonds is 9. The fourth-order valence-electron chi connectivity index (χ4n) is 4.49. The van der Waals surface area contributed by atoms with Gasteiger partial charge in [0.25, 0.3) is 0 Å². The molecule has 0 aromatic heterocycles. The van der Waals surface area contributed by atoms with Gasteiger partial charge in [-0.3, -0.25) is 0 Å². The summed E-state index contributed by atoms with van der Waals surface area (Å²) in [5.74, 6) is 2.65. The normalized spacial score (nSPS) is 25.8. The van der Waals surface area contributed by atoms with E-state index < -0.39 is 0 Å². The van der Waals surface area contributed by atoms with E-state index in [1.807, 2.05) is 0 Å². The highest BCUT2D eigenvalue weighted by Gasteiger charge is 2.45. The second kappa shape index (κ2) is 9.71. The van der Waals surface area contributed by atoms with Gasteiger partial charge in [0.05, 0.1) is 25.9 Å². The summed E-state index contributed by atoms with van der Waals surface area (Å²) in [5, 5.41) is 0. The van der Waals surface area contributed by atoms with E-state index in [9.17, 15) is 0 Å². The maximum Gasteiger partial charge on any atom is 0.0636 e. The first-order chi connectivity index (χ1) is 11.6. The third-order valence-corrected chi connectivity index (χ3v) is 6.62. The number of methoxy groups -OCH3 is 2. The summed E-state index contributed by atoms with van der Waals surface area (Å²) < 4.78 is 18.0. The average Bonchev–Trinajstić information content (AvgIpc) is 2.51. The van der Waals surface area contributed by atoms with E-state index >= 15 is 0 Å². The Morgan fingerprint density at radius 1 is 0.800 bits per heavy atom. The molecule has 0 bridgehead atoms. The van der Waals surface area contributed by atoms with Gasteiger partial charge in [-0.25, -0.2) is 0 Å². The number of ether oxygens (including phenoxy) is 3. The van der Waals surface area contributed by atoms with Gasteiger partial charge in [-0.15, -0.1) is 0 Å². The molecular weight excluding hydrogens is 312 g/mol. The van der Waals surface area contributed by atoms with Crippen molar-refractivity contribution < 1.29 is 14.2 Å². The monoisotopic (exact) mass is 356 g/mol. The van der Waals surface area contributed by atoms with E-state index in [-0.39, 0.29) is 10.8 Å². The summed E-state index contributed by atoms with van der Waals surface area (Å²) >= 11 is 0. The first kappa shape index (κ1) is 22.9. The van der Waals surface area contributed by atoms with Crippen LogP contribution in [0.5, 0.6) is 0 Å². The molecule has 1 aliphatic rings. The maximum absolute atomic E-state index is 6.77. The van der Waals surface area contributed by atoms with Crippen molar-refractivity contribution in [1.82, 2.24) is 0 Å². The van der Waals surface area contributed by atoms with Crippen molar-refractivity contribution >= 4 is 0 Å². The molecule has 3 heteroatoms. The predicted molar refractivity (Wildman–Crippen MR) is 106 cm³/mol. The van der Waals surface area contributed by atoms with Crippen LogP contribution in [0.3, 0.4) is 0 Å². The second-order valence-corrected chi connectivity index (χ2v) is 9.92. The summed E-state index contributed by atoms with van der Waals surface area (Å²) in [4.78, 5) is 0. The molecular formula is C22H44O3. The van der Waals surface area contributed by atoms with Crippen molar-refractivity contribution in [1.29, 1.82) is 0 Å². The molecule has 0 aliphatic heterocycles. The molecule has 25 heavy (non-hydrogen) atoms. The molecule has 1 saturated carbocycles. The van der Waals surface area contributed by atoms with Crippen LogP contribution in [0.15, 0.2) is 0 Å². The van der Waals surface area contributed by atoms with Crippen LogP contribution in [0.4, 0.5) is 0 Å². The van der Waals surface area contributed by atoms with Gasteiger partial charge < -0.3 is 14.2 Å². The Kier molecular flexibility index (Phi) is 8.90. The van der Waals surface area contributed by atoms with Gasteiger partial charge in [-0.05, 0) is 41.9 Å². The lowest BCUT2D eigenvalue weighted by Crippen LogP contribution is -2.50. The van der Waals surface area contributed by atoms with E-state index in [0.717, 1.165) is 0 Å². The first-order valence-corrected chi connectivity index (χ1v) is 10.2. The fourth-order valence-corrected chi connectivity index (χ4v) is 4.49. The van der Waals surface area contributed by atoms with Gasteiger partial charge in [0.15, 0.2) is 0 Å². The zero-order chi connectivity index (χ0) is 19.3. The summed E-state index contributed by atoms with van der Waals surface area (Å²) in [5.41, 5.74) is -0.0780. The lowest BCUT2D eigenvalue weighted by Gasteiger charge is -2.47. The van der Waals surface area contributed by atoms with Gasteiger partial charge in [-0.1, -0.05) is 54.9 Å². The van der Waals surface area contributed by atoms with E-state index in [4.69, 9.17) is 14.2 Å². The highest BCUT2D eigenvalue weighted by atomic mass is 16.5. The van der Waals surface area contributed by atoms with Gasteiger partial charge >= 0.3 is 0 Å². The Morgan fingerprint density at radius 3 is 1.56 bits per heavy atom. The number of hydrogen-bond donors (Lipinski definition) is 0. The quantitative estimate of drug-likeness (QED) is 0.551. The molecule has 0 heterocycles.